The standard InChI is InChI=1S/C31H36ClFN4O6/c1-36-26-8-4-3-7-22(26)28(35-36)29(39)34-25-17-24(33)20(15-23(25)32)16-27(38)31(18-42-2,37-13-5-6-14-37)43-21-11-9-19(10-12-21)30(40)41/h3-4,7-8,15,17,19,21H,5-6,9-14,16,18H2,1-2H3,(H,34,39)(H,40,41). The van der Waals surface area contributed by atoms with Gasteiger partial charge in [0.15, 0.2) is 11.5 Å². The van der Waals surface area contributed by atoms with E-state index in [0.717, 1.165) is 24.4 Å². The summed E-state index contributed by atoms with van der Waals surface area (Å²) in [5, 5.41) is 17.1. The van der Waals surface area contributed by atoms with E-state index in [2.05, 4.69) is 10.4 Å². The van der Waals surface area contributed by atoms with Gasteiger partial charge in [-0.15, -0.1) is 0 Å². The fraction of sp³-hybridized carbons (Fsp3) is 0.484. The number of Topliss-reactive ketones (excluding diaryl/α,β-unsaturated/α-hetero) is 1. The summed E-state index contributed by atoms with van der Waals surface area (Å²) in [4.78, 5) is 40.5. The molecule has 1 saturated heterocycles. The summed E-state index contributed by atoms with van der Waals surface area (Å²) in [6, 6.07) is 9.72. The Kier molecular flexibility index (Phi) is 9.45. The second-order valence-electron chi connectivity index (χ2n) is 11.3. The van der Waals surface area contributed by atoms with Gasteiger partial charge in [0.05, 0.1) is 34.9 Å². The van der Waals surface area contributed by atoms with E-state index in [9.17, 15) is 19.5 Å². The van der Waals surface area contributed by atoms with E-state index in [1.807, 2.05) is 17.0 Å². The molecule has 1 unspecified atom stereocenters. The molecule has 1 atom stereocenters. The van der Waals surface area contributed by atoms with Gasteiger partial charge in [-0.25, -0.2) is 4.39 Å². The van der Waals surface area contributed by atoms with Crippen LogP contribution < -0.4 is 5.32 Å². The van der Waals surface area contributed by atoms with Crippen molar-refractivity contribution in [1.82, 2.24) is 14.7 Å². The van der Waals surface area contributed by atoms with Gasteiger partial charge in [0.25, 0.3) is 5.91 Å². The van der Waals surface area contributed by atoms with Crippen LogP contribution in [0.15, 0.2) is 36.4 Å². The Bertz CT molecular complexity index is 1520. The zero-order valence-corrected chi connectivity index (χ0v) is 25.0. The molecule has 1 amide bonds. The molecule has 12 heteroatoms. The number of carbonyl (C=O) groups is 3. The Hall–Kier alpha value is -3.38. The monoisotopic (exact) mass is 614 g/mol. The third-order valence-corrected chi connectivity index (χ3v) is 8.80. The summed E-state index contributed by atoms with van der Waals surface area (Å²) in [6.45, 7) is 1.19. The lowest BCUT2D eigenvalue weighted by Gasteiger charge is -2.43. The van der Waals surface area contributed by atoms with Gasteiger partial charge in [-0.1, -0.05) is 29.8 Å². The molecule has 0 radical (unpaired) electrons. The number of nitrogens with zero attached hydrogens (tertiary/aromatic N) is 3. The number of aliphatic carboxylic acids is 1. The number of likely N-dealkylation sites (tertiary alicyclic amines) is 1. The molecule has 1 aliphatic carbocycles. The predicted octanol–water partition coefficient (Wildman–Crippen LogP) is 4.83. The van der Waals surface area contributed by atoms with E-state index in [0.29, 0.717) is 44.2 Å². The lowest BCUT2D eigenvalue weighted by molar-refractivity contribution is -0.211. The Labute approximate surface area is 254 Å². The van der Waals surface area contributed by atoms with Crippen molar-refractivity contribution in [3.63, 3.8) is 0 Å². The first-order valence-electron chi connectivity index (χ1n) is 14.5. The molecular formula is C31H36ClFN4O6. The minimum Gasteiger partial charge on any atom is -0.481 e. The van der Waals surface area contributed by atoms with Crippen molar-refractivity contribution in [2.75, 3.05) is 32.1 Å². The van der Waals surface area contributed by atoms with Gasteiger partial charge in [0, 0.05) is 39.1 Å². The number of rotatable bonds is 11. The molecule has 2 aromatic carbocycles. The Morgan fingerprint density at radius 3 is 2.51 bits per heavy atom. The molecule has 3 aromatic rings. The maximum atomic E-state index is 15.5. The third kappa shape index (κ3) is 6.45. The number of fused-ring (bicyclic) bond motifs is 1. The van der Waals surface area contributed by atoms with E-state index in [1.54, 1.807) is 23.9 Å². The molecule has 1 saturated carbocycles. The topological polar surface area (TPSA) is 123 Å². The molecule has 43 heavy (non-hydrogen) atoms. The van der Waals surface area contributed by atoms with Crippen LogP contribution >= 0.6 is 11.6 Å². The fourth-order valence-corrected chi connectivity index (χ4v) is 6.43. The van der Waals surface area contributed by atoms with Gasteiger partial charge >= 0.3 is 5.97 Å². The largest absolute Gasteiger partial charge is 0.481 e. The molecule has 1 aromatic heterocycles. The molecule has 230 valence electrons. The van der Waals surface area contributed by atoms with Crippen LogP contribution in [0.3, 0.4) is 0 Å². The number of amides is 1. The van der Waals surface area contributed by atoms with Gasteiger partial charge in [-0.05, 0) is 62.3 Å². The van der Waals surface area contributed by atoms with Crippen molar-refractivity contribution in [3.05, 3.63) is 58.5 Å². The quantitative estimate of drug-likeness (QED) is 0.315. The second kappa shape index (κ2) is 13.1. The summed E-state index contributed by atoms with van der Waals surface area (Å²) >= 11 is 6.50. The molecule has 1 aliphatic heterocycles. The van der Waals surface area contributed by atoms with E-state index >= 15 is 4.39 Å². The molecule has 0 spiro atoms. The average molecular weight is 615 g/mol. The minimum atomic E-state index is -1.45. The number of hydrogen-bond acceptors (Lipinski definition) is 7. The number of benzene rings is 2. The number of carbonyl (C=O) groups excluding carboxylic acids is 2. The highest BCUT2D eigenvalue weighted by atomic mass is 35.5. The van der Waals surface area contributed by atoms with Crippen molar-refractivity contribution in [2.24, 2.45) is 13.0 Å². The number of aryl methyl sites for hydroxylation is 1. The maximum absolute atomic E-state index is 15.5. The lowest BCUT2D eigenvalue weighted by atomic mass is 9.87. The SMILES string of the molecule is COCC(OC1CCC(C(=O)O)CC1)(C(=O)Cc1cc(Cl)c(NC(=O)c2nn(C)c3ccccc23)cc1F)N1CCCC1. The van der Waals surface area contributed by atoms with E-state index < -0.39 is 29.3 Å². The van der Waals surface area contributed by atoms with E-state index in [4.69, 9.17) is 21.1 Å². The molecule has 0 bridgehead atoms. The van der Waals surface area contributed by atoms with Gasteiger partial charge in [-0.2, -0.15) is 5.10 Å². The number of methoxy groups -OCH3 is 1. The summed E-state index contributed by atoms with van der Waals surface area (Å²) in [7, 11) is 3.22. The number of carboxylic acid groups (broad SMARTS) is 1. The van der Waals surface area contributed by atoms with Crippen molar-refractivity contribution in [1.29, 1.82) is 0 Å². The molecule has 2 heterocycles. The second-order valence-corrected chi connectivity index (χ2v) is 11.7. The number of carboxylic acids is 1. The van der Waals surface area contributed by atoms with E-state index in [1.165, 1.54) is 13.2 Å². The zero-order chi connectivity index (χ0) is 30.7. The molecule has 2 aliphatic rings. The summed E-state index contributed by atoms with van der Waals surface area (Å²) in [5.41, 5.74) is -0.372. The first-order valence-corrected chi connectivity index (χ1v) is 14.9. The highest BCUT2D eigenvalue weighted by Crippen LogP contribution is 2.35. The molecular weight excluding hydrogens is 579 g/mol. The number of anilines is 1. The highest BCUT2D eigenvalue weighted by Gasteiger charge is 2.48. The number of ketones is 1. The van der Waals surface area contributed by atoms with Gasteiger partial charge in [0.1, 0.15) is 5.82 Å². The van der Waals surface area contributed by atoms with Crippen LogP contribution in [0.1, 0.15) is 54.6 Å². The predicted molar refractivity (Wildman–Crippen MR) is 159 cm³/mol. The van der Waals surface area contributed by atoms with Crippen LogP contribution in [-0.2, 0) is 32.5 Å². The number of nitrogens with one attached hydrogen (secondary N) is 1. The Morgan fingerprint density at radius 1 is 1.14 bits per heavy atom. The molecule has 2 N–H and O–H groups in total. The van der Waals surface area contributed by atoms with Crippen molar-refractivity contribution < 1.29 is 33.4 Å². The minimum absolute atomic E-state index is 0.0494. The molecule has 10 nitrogen and oxygen atoms in total. The smallest absolute Gasteiger partial charge is 0.306 e. The zero-order valence-electron chi connectivity index (χ0n) is 24.3. The van der Waals surface area contributed by atoms with Gasteiger partial charge < -0.3 is 19.9 Å². The van der Waals surface area contributed by atoms with Crippen LogP contribution in [0.5, 0.6) is 0 Å². The average Bonchev–Trinajstić information content (AvgIpc) is 3.65. The number of hydrogen-bond donors (Lipinski definition) is 2. The van der Waals surface area contributed by atoms with Crippen LogP contribution in [-0.4, -0.2) is 76.1 Å². The highest BCUT2D eigenvalue weighted by molar-refractivity contribution is 6.34. The molecule has 5 rings (SSSR count). The van der Waals surface area contributed by atoms with Crippen LogP contribution in [0.2, 0.25) is 5.02 Å². The molecule has 2 fully saturated rings. The normalized spacial score (nSPS) is 20.7. The summed E-state index contributed by atoms with van der Waals surface area (Å²) in [6.07, 6.45) is 3.06. The van der Waals surface area contributed by atoms with Crippen LogP contribution in [0, 0.1) is 11.7 Å². The first kappa shape index (κ1) is 31.1. The number of halogens is 2. The van der Waals surface area contributed by atoms with Crippen molar-refractivity contribution >= 4 is 45.9 Å². The summed E-state index contributed by atoms with van der Waals surface area (Å²) < 4.78 is 29.1. The van der Waals surface area contributed by atoms with Crippen LogP contribution in [0.4, 0.5) is 10.1 Å². The maximum Gasteiger partial charge on any atom is 0.306 e. The first-order chi connectivity index (χ1) is 20.6. The Balaban J connectivity index is 1.36. The van der Waals surface area contributed by atoms with Crippen molar-refractivity contribution in [3.8, 4) is 0 Å². The number of aromatic nitrogens is 2. The lowest BCUT2D eigenvalue weighted by Crippen LogP contribution is -2.61. The van der Waals surface area contributed by atoms with Crippen LogP contribution in [0.25, 0.3) is 10.9 Å². The van der Waals surface area contributed by atoms with Gasteiger partial charge in [0.2, 0.25) is 5.72 Å². The number of ether oxygens (including phenoxy) is 2. The van der Waals surface area contributed by atoms with Gasteiger partial charge in [-0.3, -0.25) is 24.0 Å². The summed E-state index contributed by atoms with van der Waals surface area (Å²) in [5.74, 6) is -2.86. The third-order valence-electron chi connectivity index (χ3n) is 8.49. The number of para-hydroxylation sites is 1. The van der Waals surface area contributed by atoms with E-state index in [-0.39, 0.29) is 46.9 Å². The Morgan fingerprint density at radius 2 is 1.84 bits per heavy atom. The van der Waals surface area contributed by atoms with Crippen molar-refractivity contribution in [2.45, 2.75) is 56.8 Å². The fourth-order valence-electron chi connectivity index (χ4n) is 6.19.